The van der Waals surface area contributed by atoms with E-state index in [2.05, 4.69) is 10.3 Å². The van der Waals surface area contributed by atoms with E-state index in [0.717, 1.165) is 12.0 Å². The van der Waals surface area contributed by atoms with E-state index in [1.807, 2.05) is 13.8 Å². The van der Waals surface area contributed by atoms with Gasteiger partial charge in [-0.3, -0.25) is 14.0 Å². The summed E-state index contributed by atoms with van der Waals surface area (Å²) in [5.41, 5.74) is 0.209. The number of aromatic nitrogens is 2. The van der Waals surface area contributed by atoms with Crippen molar-refractivity contribution in [2.75, 3.05) is 6.54 Å². The van der Waals surface area contributed by atoms with Crippen molar-refractivity contribution in [2.24, 2.45) is 5.92 Å². The zero-order chi connectivity index (χ0) is 15.6. The lowest BCUT2D eigenvalue weighted by atomic mass is 10.1. The SMILES string of the molecule is Cc1cccn2c(=O)c(C(=O)NCCC(C)C)c(O)nc12. The van der Waals surface area contributed by atoms with Crippen molar-refractivity contribution in [3.8, 4) is 5.88 Å². The summed E-state index contributed by atoms with van der Waals surface area (Å²) in [4.78, 5) is 28.4. The summed E-state index contributed by atoms with van der Waals surface area (Å²) in [6.07, 6.45) is 2.33. The Morgan fingerprint density at radius 2 is 2.19 bits per heavy atom. The van der Waals surface area contributed by atoms with Gasteiger partial charge in [0.05, 0.1) is 0 Å². The number of carbonyl (C=O) groups excluding carboxylic acids is 1. The van der Waals surface area contributed by atoms with E-state index in [1.165, 1.54) is 10.6 Å². The molecule has 6 nitrogen and oxygen atoms in total. The Bertz CT molecular complexity index is 735. The lowest BCUT2D eigenvalue weighted by Gasteiger charge is -2.09. The summed E-state index contributed by atoms with van der Waals surface area (Å²) in [5.74, 6) is -0.685. The van der Waals surface area contributed by atoms with Gasteiger partial charge in [0.25, 0.3) is 11.5 Å². The van der Waals surface area contributed by atoms with Crippen molar-refractivity contribution >= 4 is 11.6 Å². The average Bonchev–Trinajstić information content (AvgIpc) is 2.40. The summed E-state index contributed by atoms with van der Waals surface area (Å²) in [7, 11) is 0. The van der Waals surface area contributed by atoms with Crippen molar-refractivity contribution in [3.05, 3.63) is 39.8 Å². The number of nitrogens with one attached hydrogen (secondary N) is 1. The predicted octanol–water partition coefficient (Wildman–Crippen LogP) is 1.48. The number of carbonyl (C=O) groups is 1. The molecule has 0 fully saturated rings. The van der Waals surface area contributed by atoms with Crippen LogP contribution in [0.5, 0.6) is 5.88 Å². The van der Waals surface area contributed by atoms with Crippen LogP contribution in [-0.4, -0.2) is 26.9 Å². The number of pyridine rings is 1. The Balaban J connectivity index is 2.41. The van der Waals surface area contributed by atoms with Crippen molar-refractivity contribution in [2.45, 2.75) is 27.2 Å². The first-order chi connectivity index (χ1) is 9.91. The molecule has 0 atom stereocenters. The molecule has 2 rings (SSSR count). The van der Waals surface area contributed by atoms with Crippen molar-refractivity contribution < 1.29 is 9.90 Å². The van der Waals surface area contributed by atoms with Gasteiger partial charge in [-0.2, -0.15) is 4.98 Å². The van der Waals surface area contributed by atoms with E-state index >= 15 is 0 Å². The third-order valence-electron chi connectivity index (χ3n) is 3.26. The van der Waals surface area contributed by atoms with Gasteiger partial charge in [0, 0.05) is 12.7 Å². The van der Waals surface area contributed by atoms with Crippen LogP contribution < -0.4 is 10.9 Å². The quantitative estimate of drug-likeness (QED) is 0.893. The van der Waals surface area contributed by atoms with Gasteiger partial charge in [0.1, 0.15) is 5.65 Å². The van der Waals surface area contributed by atoms with E-state index in [4.69, 9.17) is 0 Å². The molecule has 6 heteroatoms. The highest BCUT2D eigenvalue weighted by atomic mass is 16.3. The maximum Gasteiger partial charge on any atom is 0.274 e. The van der Waals surface area contributed by atoms with Crippen LogP contribution in [-0.2, 0) is 0 Å². The second-order valence-corrected chi connectivity index (χ2v) is 5.44. The molecule has 1 amide bonds. The number of fused-ring (bicyclic) bond motifs is 1. The first-order valence-electron chi connectivity index (χ1n) is 6.91. The third-order valence-corrected chi connectivity index (χ3v) is 3.26. The fraction of sp³-hybridized carbons (Fsp3) is 0.400. The highest BCUT2D eigenvalue weighted by Crippen LogP contribution is 2.13. The molecule has 2 N–H and O–H groups in total. The second kappa shape index (κ2) is 5.95. The van der Waals surface area contributed by atoms with Crippen molar-refractivity contribution in [1.29, 1.82) is 0 Å². The normalized spacial score (nSPS) is 11.0. The van der Waals surface area contributed by atoms with Crippen LogP contribution in [0.3, 0.4) is 0 Å². The van der Waals surface area contributed by atoms with Gasteiger partial charge in [0.2, 0.25) is 5.88 Å². The van der Waals surface area contributed by atoms with E-state index in [9.17, 15) is 14.7 Å². The minimum atomic E-state index is -0.596. The van der Waals surface area contributed by atoms with Gasteiger partial charge in [0.15, 0.2) is 5.56 Å². The lowest BCUT2D eigenvalue weighted by molar-refractivity contribution is 0.0947. The molecule has 21 heavy (non-hydrogen) atoms. The Hall–Kier alpha value is -2.37. The van der Waals surface area contributed by atoms with E-state index < -0.39 is 17.3 Å². The monoisotopic (exact) mass is 289 g/mol. The molecule has 0 aliphatic carbocycles. The van der Waals surface area contributed by atoms with Crippen LogP contribution in [0.15, 0.2) is 23.1 Å². The summed E-state index contributed by atoms with van der Waals surface area (Å²) >= 11 is 0. The molecule has 0 aromatic carbocycles. The highest BCUT2D eigenvalue weighted by molar-refractivity contribution is 5.96. The summed E-state index contributed by atoms with van der Waals surface area (Å²) in [5, 5.41) is 12.5. The van der Waals surface area contributed by atoms with Gasteiger partial charge in [-0.05, 0) is 30.9 Å². The van der Waals surface area contributed by atoms with Crippen LogP contribution >= 0.6 is 0 Å². The Morgan fingerprint density at radius 3 is 2.86 bits per heavy atom. The maximum absolute atomic E-state index is 12.3. The molecule has 2 aromatic heterocycles. The third kappa shape index (κ3) is 3.04. The van der Waals surface area contributed by atoms with Gasteiger partial charge in [-0.1, -0.05) is 19.9 Å². The highest BCUT2D eigenvalue weighted by Gasteiger charge is 2.19. The van der Waals surface area contributed by atoms with Crippen LogP contribution in [0.25, 0.3) is 5.65 Å². The molecule has 0 spiro atoms. The average molecular weight is 289 g/mol. The fourth-order valence-corrected chi connectivity index (χ4v) is 2.05. The van der Waals surface area contributed by atoms with Crippen LogP contribution in [0.2, 0.25) is 0 Å². The zero-order valence-corrected chi connectivity index (χ0v) is 12.4. The van der Waals surface area contributed by atoms with Gasteiger partial charge in [-0.15, -0.1) is 0 Å². The van der Waals surface area contributed by atoms with Gasteiger partial charge < -0.3 is 10.4 Å². The Kier molecular flexibility index (Phi) is 4.26. The van der Waals surface area contributed by atoms with Crippen LogP contribution in [0, 0.1) is 12.8 Å². The number of aryl methyl sites for hydroxylation is 1. The van der Waals surface area contributed by atoms with E-state index in [-0.39, 0.29) is 5.56 Å². The topological polar surface area (TPSA) is 83.7 Å². The summed E-state index contributed by atoms with van der Waals surface area (Å²) < 4.78 is 1.27. The smallest absolute Gasteiger partial charge is 0.274 e. The van der Waals surface area contributed by atoms with E-state index in [1.54, 1.807) is 19.1 Å². The van der Waals surface area contributed by atoms with Gasteiger partial charge in [-0.25, -0.2) is 0 Å². The summed E-state index contributed by atoms with van der Waals surface area (Å²) in [6, 6.07) is 3.48. The molecule has 0 bridgehead atoms. The molecule has 0 radical (unpaired) electrons. The fourth-order valence-electron chi connectivity index (χ4n) is 2.05. The molecular formula is C15H19N3O3. The molecule has 0 aliphatic rings. The number of hydrogen-bond donors (Lipinski definition) is 2. The lowest BCUT2D eigenvalue weighted by Crippen LogP contribution is -2.32. The maximum atomic E-state index is 12.3. The van der Waals surface area contributed by atoms with Crippen LogP contribution in [0.4, 0.5) is 0 Å². The molecule has 2 heterocycles. The Labute approximate surface area is 122 Å². The first-order valence-corrected chi connectivity index (χ1v) is 6.91. The van der Waals surface area contributed by atoms with Gasteiger partial charge >= 0.3 is 0 Å². The molecule has 112 valence electrons. The Morgan fingerprint density at radius 1 is 1.48 bits per heavy atom. The minimum Gasteiger partial charge on any atom is -0.493 e. The number of aromatic hydroxyl groups is 1. The molecular weight excluding hydrogens is 270 g/mol. The number of amides is 1. The molecule has 2 aromatic rings. The minimum absolute atomic E-state index is 0.318. The molecule has 0 saturated heterocycles. The van der Waals surface area contributed by atoms with Crippen molar-refractivity contribution in [3.63, 3.8) is 0 Å². The number of hydrogen-bond acceptors (Lipinski definition) is 4. The molecule has 0 saturated carbocycles. The van der Waals surface area contributed by atoms with Crippen LogP contribution in [0.1, 0.15) is 36.2 Å². The molecule has 0 aliphatic heterocycles. The summed E-state index contributed by atoms with van der Waals surface area (Å²) in [6.45, 7) is 6.31. The predicted molar refractivity (Wildman–Crippen MR) is 79.7 cm³/mol. The van der Waals surface area contributed by atoms with Crippen molar-refractivity contribution in [1.82, 2.24) is 14.7 Å². The second-order valence-electron chi connectivity index (χ2n) is 5.44. The number of rotatable bonds is 4. The van der Waals surface area contributed by atoms with E-state index in [0.29, 0.717) is 18.1 Å². The molecule has 0 unspecified atom stereocenters. The standard InChI is InChI=1S/C15H19N3O3/c1-9(2)6-7-16-13(19)11-14(20)17-12-10(3)5-4-8-18(12)15(11)21/h4-5,8-9,20H,6-7H2,1-3H3,(H,16,19). The largest absolute Gasteiger partial charge is 0.493 e. The first kappa shape index (κ1) is 15.0. The zero-order valence-electron chi connectivity index (χ0n) is 12.4. The number of nitrogens with zero attached hydrogens (tertiary/aromatic N) is 2.